The summed E-state index contributed by atoms with van der Waals surface area (Å²) < 4.78 is 0. The minimum Gasteiger partial charge on any atom is -0.382 e. The molecule has 0 bridgehead atoms. The van der Waals surface area contributed by atoms with Crippen LogP contribution < -0.4 is 11.1 Å². The van der Waals surface area contributed by atoms with E-state index < -0.39 is 0 Å². The maximum atomic E-state index is 12.4. The van der Waals surface area contributed by atoms with Crippen molar-refractivity contribution in [2.45, 2.75) is 32.2 Å². The Labute approximate surface area is 105 Å². The summed E-state index contributed by atoms with van der Waals surface area (Å²) in [4.78, 5) is 19.0. The molecule has 0 radical (unpaired) electrons. The van der Waals surface area contributed by atoms with Gasteiger partial charge in [0.1, 0.15) is 10.7 Å². The summed E-state index contributed by atoms with van der Waals surface area (Å²) in [5, 5.41) is 3.61. The smallest absolute Gasteiger partial charge is 0.268 e. The highest BCUT2D eigenvalue weighted by Crippen LogP contribution is 2.29. The van der Waals surface area contributed by atoms with Crippen LogP contribution in [0.1, 0.15) is 35.9 Å². The van der Waals surface area contributed by atoms with Crippen LogP contribution >= 0.6 is 11.3 Å². The lowest BCUT2D eigenvalue weighted by Crippen LogP contribution is -2.34. The number of carbonyl (C=O) groups is 1. The number of nitrogen functional groups attached to an aromatic ring is 1. The number of rotatable bonds is 3. The predicted octanol–water partition coefficient (Wildman–Crippen LogP) is 1.78. The van der Waals surface area contributed by atoms with Gasteiger partial charge < -0.3 is 16.0 Å². The number of hydrogen-bond acceptors (Lipinski definition) is 5. The fourth-order valence-electron chi connectivity index (χ4n) is 2.25. The van der Waals surface area contributed by atoms with Crippen LogP contribution in [-0.4, -0.2) is 35.4 Å². The second kappa shape index (κ2) is 4.91. The van der Waals surface area contributed by atoms with Gasteiger partial charge in [0, 0.05) is 19.6 Å². The van der Waals surface area contributed by atoms with E-state index in [1.165, 1.54) is 11.3 Å². The summed E-state index contributed by atoms with van der Waals surface area (Å²) in [6, 6.07) is 0.363. The van der Waals surface area contributed by atoms with Crippen molar-refractivity contribution < 1.29 is 4.79 Å². The van der Waals surface area contributed by atoms with Crippen LogP contribution in [0.15, 0.2) is 0 Å². The summed E-state index contributed by atoms with van der Waals surface area (Å²) >= 11 is 1.33. The lowest BCUT2D eigenvalue weighted by atomic mass is 10.2. The van der Waals surface area contributed by atoms with Crippen molar-refractivity contribution in [3.05, 3.63) is 4.88 Å². The largest absolute Gasteiger partial charge is 0.382 e. The van der Waals surface area contributed by atoms with Gasteiger partial charge >= 0.3 is 0 Å². The predicted molar refractivity (Wildman–Crippen MR) is 70.4 cm³/mol. The van der Waals surface area contributed by atoms with Crippen LogP contribution in [0.5, 0.6) is 0 Å². The van der Waals surface area contributed by atoms with Gasteiger partial charge in [0.25, 0.3) is 5.91 Å². The Morgan fingerprint density at radius 2 is 2.47 bits per heavy atom. The highest BCUT2D eigenvalue weighted by molar-refractivity contribution is 7.18. The van der Waals surface area contributed by atoms with E-state index in [0.29, 0.717) is 21.9 Å². The molecule has 1 aliphatic rings. The maximum Gasteiger partial charge on any atom is 0.268 e. The molecule has 3 N–H and O–H groups in total. The number of nitrogens with two attached hydrogens (primary N) is 1. The van der Waals surface area contributed by atoms with Crippen molar-refractivity contribution in [2.75, 3.05) is 24.6 Å². The Morgan fingerprint density at radius 1 is 1.71 bits per heavy atom. The number of likely N-dealkylation sites (tertiary alicyclic amines) is 1. The summed E-state index contributed by atoms with van der Waals surface area (Å²) in [6.07, 6.45) is 3.19. The Morgan fingerprint density at radius 3 is 3.06 bits per heavy atom. The summed E-state index contributed by atoms with van der Waals surface area (Å²) in [7, 11) is 1.78. The Bertz CT molecular complexity index is 418. The average Bonchev–Trinajstić information content (AvgIpc) is 2.93. The van der Waals surface area contributed by atoms with Crippen LogP contribution in [-0.2, 0) is 0 Å². The van der Waals surface area contributed by atoms with E-state index in [4.69, 9.17) is 5.73 Å². The standard InChI is InChI=1S/C11H18N4OS/c1-3-7-5-4-6-15(7)10(16)8-9(12)14-11(13-2)17-8/h7H,3-6,12H2,1-2H3,(H,13,14). The number of nitrogens with one attached hydrogen (secondary N) is 1. The van der Waals surface area contributed by atoms with Crippen molar-refractivity contribution in [1.82, 2.24) is 9.88 Å². The van der Waals surface area contributed by atoms with Gasteiger partial charge in [-0.3, -0.25) is 4.79 Å². The number of carbonyl (C=O) groups excluding carboxylic acids is 1. The van der Waals surface area contributed by atoms with Crippen LogP contribution in [0.3, 0.4) is 0 Å². The summed E-state index contributed by atoms with van der Waals surface area (Å²) in [6.45, 7) is 2.95. The third kappa shape index (κ3) is 2.22. The first-order valence-corrected chi connectivity index (χ1v) is 6.74. The molecule has 1 fully saturated rings. The molecule has 1 aromatic heterocycles. The minimum absolute atomic E-state index is 0.0332. The molecule has 6 heteroatoms. The minimum atomic E-state index is 0.0332. The third-order valence-corrected chi connectivity index (χ3v) is 4.25. The number of anilines is 2. The first-order valence-electron chi connectivity index (χ1n) is 5.92. The van der Waals surface area contributed by atoms with Gasteiger partial charge in [0.15, 0.2) is 5.13 Å². The zero-order chi connectivity index (χ0) is 12.4. The average molecular weight is 254 g/mol. The van der Waals surface area contributed by atoms with Gasteiger partial charge in [-0.25, -0.2) is 4.98 Å². The normalized spacial score (nSPS) is 19.6. The van der Waals surface area contributed by atoms with Gasteiger partial charge in [0.2, 0.25) is 0 Å². The molecule has 0 saturated carbocycles. The molecule has 94 valence electrons. The van der Waals surface area contributed by atoms with Crippen molar-refractivity contribution in [2.24, 2.45) is 0 Å². The first kappa shape index (κ1) is 12.2. The van der Waals surface area contributed by atoms with E-state index in [2.05, 4.69) is 17.2 Å². The molecule has 0 aliphatic carbocycles. The van der Waals surface area contributed by atoms with Gasteiger partial charge in [-0.05, 0) is 19.3 Å². The van der Waals surface area contributed by atoms with Crippen molar-refractivity contribution in [3.63, 3.8) is 0 Å². The molecule has 17 heavy (non-hydrogen) atoms. The van der Waals surface area contributed by atoms with Gasteiger partial charge in [-0.1, -0.05) is 18.3 Å². The molecule has 1 aliphatic heterocycles. The Balaban J connectivity index is 2.21. The molecule has 0 aromatic carbocycles. The first-order chi connectivity index (χ1) is 8.17. The highest BCUT2D eigenvalue weighted by Gasteiger charge is 2.30. The van der Waals surface area contributed by atoms with E-state index in [1.54, 1.807) is 7.05 Å². The van der Waals surface area contributed by atoms with Crippen LogP contribution in [0.4, 0.5) is 10.9 Å². The van der Waals surface area contributed by atoms with Crippen molar-refractivity contribution >= 4 is 28.2 Å². The van der Waals surface area contributed by atoms with E-state index in [9.17, 15) is 4.79 Å². The molecule has 1 saturated heterocycles. The lowest BCUT2D eigenvalue weighted by molar-refractivity contribution is 0.0739. The Kier molecular flexibility index (Phi) is 3.51. The molecule has 1 atom stereocenters. The quantitative estimate of drug-likeness (QED) is 0.862. The monoisotopic (exact) mass is 254 g/mol. The molecule has 0 spiro atoms. The van der Waals surface area contributed by atoms with Crippen molar-refractivity contribution in [1.29, 1.82) is 0 Å². The van der Waals surface area contributed by atoms with E-state index in [-0.39, 0.29) is 5.91 Å². The van der Waals surface area contributed by atoms with Crippen molar-refractivity contribution in [3.8, 4) is 0 Å². The molecule has 2 heterocycles. The summed E-state index contributed by atoms with van der Waals surface area (Å²) in [5.41, 5.74) is 5.78. The number of aromatic nitrogens is 1. The molecular weight excluding hydrogens is 236 g/mol. The van der Waals surface area contributed by atoms with E-state index >= 15 is 0 Å². The molecule has 5 nitrogen and oxygen atoms in total. The zero-order valence-corrected chi connectivity index (χ0v) is 11.0. The second-order valence-corrected chi connectivity index (χ2v) is 5.19. The number of amides is 1. The molecule has 1 aromatic rings. The Hall–Kier alpha value is -1.30. The van der Waals surface area contributed by atoms with E-state index in [0.717, 1.165) is 25.8 Å². The molecule has 2 rings (SSSR count). The van der Waals surface area contributed by atoms with Gasteiger partial charge in [-0.15, -0.1) is 0 Å². The third-order valence-electron chi connectivity index (χ3n) is 3.17. The zero-order valence-electron chi connectivity index (χ0n) is 10.2. The van der Waals surface area contributed by atoms with Crippen LogP contribution in [0.2, 0.25) is 0 Å². The second-order valence-electron chi connectivity index (χ2n) is 4.19. The van der Waals surface area contributed by atoms with Crippen LogP contribution in [0.25, 0.3) is 0 Å². The van der Waals surface area contributed by atoms with Gasteiger partial charge in [-0.2, -0.15) is 0 Å². The fourth-order valence-corrected chi connectivity index (χ4v) is 3.04. The molecule has 1 unspecified atom stereocenters. The topological polar surface area (TPSA) is 71.2 Å². The lowest BCUT2D eigenvalue weighted by Gasteiger charge is -2.22. The molecular formula is C11H18N4OS. The van der Waals surface area contributed by atoms with E-state index in [1.807, 2.05) is 4.90 Å². The number of nitrogens with zero attached hydrogens (tertiary/aromatic N) is 2. The van der Waals surface area contributed by atoms with Crippen LogP contribution in [0, 0.1) is 0 Å². The molecule has 1 amide bonds. The SMILES string of the molecule is CCC1CCCN1C(=O)c1sc(NC)nc1N. The van der Waals surface area contributed by atoms with Gasteiger partial charge in [0.05, 0.1) is 0 Å². The maximum absolute atomic E-state index is 12.4. The number of thiazole rings is 1. The highest BCUT2D eigenvalue weighted by atomic mass is 32.1. The summed E-state index contributed by atoms with van der Waals surface area (Å²) in [5.74, 6) is 0.372. The fraction of sp³-hybridized carbons (Fsp3) is 0.636. The number of hydrogen-bond donors (Lipinski definition) is 2.